The molecular weight excluding hydrogens is 176 g/mol. The molecule has 14 heavy (non-hydrogen) atoms. The van der Waals surface area contributed by atoms with Gasteiger partial charge in [-0.3, -0.25) is 4.90 Å². The average molecular weight is 198 g/mol. The number of ether oxygens (including phenoxy) is 1. The van der Waals surface area contributed by atoms with Gasteiger partial charge in [-0.05, 0) is 33.1 Å². The van der Waals surface area contributed by atoms with Gasteiger partial charge in [0, 0.05) is 25.2 Å². The van der Waals surface area contributed by atoms with Crippen molar-refractivity contribution in [1.82, 2.24) is 4.90 Å². The van der Waals surface area contributed by atoms with Crippen LogP contribution in [0.5, 0.6) is 0 Å². The van der Waals surface area contributed by atoms with Crippen LogP contribution in [0, 0.1) is 0 Å². The molecule has 1 aliphatic carbocycles. The minimum absolute atomic E-state index is 0.199. The van der Waals surface area contributed by atoms with Crippen molar-refractivity contribution in [3.63, 3.8) is 0 Å². The van der Waals surface area contributed by atoms with Crippen LogP contribution >= 0.6 is 0 Å². The van der Waals surface area contributed by atoms with Gasteiger partial charge in [0.25, 0.3) is 0 Å². The molecule has 2 atom stereocenters. The molecule has 3 heteroatoms. The maximum Gasteiger partial charge on any atom is 0.0678 e. The smallest absolute Gasteiger partial charge is 0.0678 e. The van der Waals surface area contributed by atoms with Crippen LogP contribution in [0.15, 0.2) is 0 Å². The zero-order valence-electron chi connectivity index (χ0n) is 9.33. The van der Waals surface area contributed by atoms with Gasteiger partial charge < -0.3 is 10.5 Å². The van der Waals surface area contributed by atoms with Gasteiger partial charge in [-0.15, -0.1) is 0 Å². The molecule has 0 radical (unpaired) electrons. The molecule has 1 saturated carbocycles. The third-order valence-electron chi connectivity index (χ3n) is 3.31. The maximum atomic E-state index is 6.08. The van der Waals surface area contributed by atoms with Crippen molar-refractivity contribution < 1.29 is 4.74 Å². The van der Waals surface area contributed by atoms with Gasteiger partial charge in [0.1, 0.15) is 0 Å². The lowest BCUT2D eigenvalue weighted by atomic mass is 10.1. The fourth-order valence-corrected chi connectivity index (χ4v) is 2.26. The van der Waals surface area contributed by atoms with Crippen molar-refractivity contribution >= 4 is 0 Å². The molecule has 82 valence electrons. The van der Waals surface area contributed by atoms with Gasteiger partial charge in [-0.25, -0.2) is 0 Å². The van der Waals surface area contributed by atoms with Crippen LogP contribution in [-0.4, -0.2) is 42.3 Å². The van der Waals surface area contributed by atoms with Crippen molar-refractivity contribution in [2.45, 2.75) is 50.9 Å². The fraction of sp³-hybridized carbons (Fsp3) is 1.00. The Hall–Kier alpha value is -0.120. The van der Waals surface area contributed by atoms with Crippen molar-refractivity contribution in [2.24, 2.45) is 5.73 Å². The normalized spacial score (nSPS) is 37.1. The second-order valence-electron chi connectivity index (χ2n) is 5.13. The number of nitrogens with two attached hydrogens (primary N) is 1. The van der Waals surface area contributed by atoms with Gasteiger partial charge in [-0.1, -0.05) is 0 Å². The van der Waals surface area contributed by atoms with Gasteiger partial charge in [0.2, 0.25) is 0 Å². The van der Waals surface area contributed by atoms with Gasteiger partial charge >= 0.3 is 0 Å². The van der Waals surface area contributed by atoms with E-state index < -0.39 is 0 Å². The second kappa shape index (κ2) is 3.80. The van der Waals surface area contributed by atoms with Crippen LogP contribution in [0.25, 0.3) is 0 Å². The Morgan fingerprint density at radius 1 is 1.29 bits per heavy atom. The summed E-state index contributed by atoms with van der Waals surface area (Å²) in [5.41, 5.74) is 6.27. The van der Waals surface area contributed by atoms with Gasteiger partial charge in [-0.2, -0.15) is 0 Å². The van der Waals surface area contributed by atoms with E-state index in [9.17, 15) is 0 Å². The Labute approximate surface area is 86.6 Å². The zero-order chi connectivity index (χ0) is 10.2. The number of morpholine rings is 1. The number of nitrogens with zero attached hydrogens (tertiary/aromatic N) is 1. The summed E-state index contributed by atoms with van der Waals surface area (Å²) < 4.78 is 5.69. The largest absolute Gasteiger partial charge is 0.373 e. The Kier molecular flexibility index (Phi) is 2.82. The first-order valence-corrected chi connectivity index (χ1v) is 5.74. The maximum absolute atomic E-state index is 6.08. The molecule has 0 aromatic heterocycles. The van der Waals surface area contributed by atoms with E-state index in [0.29, 0.717) is 12.2 Å². The van der Waals surface area contributed by atoms with E-state index in [1.807, 2.05) is 0 Å². The van der Waals surface area contributed by atoms with Gasteiger partial charge in [0.15, 0.2) is 0 Å². The molecule has 0 unspecified atom stereocenters. The molecule has 1 aliphatic heterocycles. The molecule has 2 rings (SSSR count). The molecule has 1 heterocycles. The summed E-state index contributed by atoms with van der Waals surface area (Å²) in [6.45, 7) is 7.59. The predicted molar refractivity (Wildman–Crippen MR) is 57.2 cm³/mol. The highest BCUT2D eigenvalue weighted by atomic mass is 16.5. The summed E-state index contributed by atoms with van der Waals surface area (Å²) in [5, 5.41) is 0. The number of hydrogen-bond acceptors (Lipinski definition) is 3. The van der Waals surface area contributed by atoms with Gasteiger partial charge in [0.05, 0.1) is 12.2 Å². The third kappa shape index (κ3) is 2.69. The Bertz CT molecular complexity index is 193. The van der Waals surface area contributed by atoms with E-state index in [4.69, 9.17) is 10.5 Å². The first kappa shape index (κ1) is 10.4. The SMILES string of the molecule is C[C@@H]1CN(CCC2(N)CC2)C[C@H](C)O1. The minimum Gasteiger partial charge on any atom is -0.373 e. The Morgan fingerprint density at radius 3 is 2.36 bits per heavy atom. The van der Waals surface area contributed by atoms with Crippen LogP contribution in [0.1, 0.15) is 33.1 Å². The number of hydrogen-bond donors (Lipinski definition) is 1. The monoisotopic (exact) mass is 198 g/mol. The Morgan fingerprint density at radius 2 is 1.86 bits per heavy atom. The zero-order valence-corrected chi connectivity index (χ0v) is 9.33. The highest BCUT2D eigenvalue weighted by Gasteiger charge is 2.38. The minimum atomic E-state index is 0.199. The lowest BCUT2D eigenvalue weighted by molar-refractivity contribution is -0.0685. The molecule has 0 spiro atoms. The molecule has 0 aromatic rings. The number of rotatable bonds is 3. The molecular formula is C11H22N2O. The van der Waals surface area contributed by atoms with Crippen molar-refractivity contribution in [2.75, 3.05) is 19.6 Å². The van der Waals surface area contributed by atoms with Crippen LogP contribution < -0.4 is 5.73 Å². The highest BCUT2D eigenvalue weighted by molar-refractivity contribution is 4.99. The lowest BCUT2D eigenvalue weighted by Crippen LogP contribution is -2.46. The van der Waals surface area contributed by atoms with Crippen molar-refractivity contribution in [3.8, 4) is 0 Å². The molecule has 3 nitrogen and oxygen atoms in total. The van der Waals surface area contributed by atoms with E-state index in [2.05, 4.69) is 18.7 Å². The first-order valence-electron chi connectivity index (χ1n) is 5.74. The molecule has 0 amide bonds. The third-order valence-corrected chi connectivity index (χ3v) is 3.31. The van der Waals surface area contributed by atoms with Crippen LogP contribution in [0.4, 0.5) is 0 Å². The summed E-state index contributed by atoms with van der Waals surface area (Å²) >= 11 is 0. The standard InChI is InChI=1S/C11H22N2O/c1-9-7-13(8-10(2)14-9)6-5-11(12)3-4-11/h9-10H,3-8,12H2,1-2H3/t9-,10+. The van der Waals surface area contributed by atoms with Crippen LogP contribution in [0.2, 0.25) is 0 Å². The summed E-state index contributed by atoms with van der Waals surface area (Å²) in [6, 6.07) is 0. The van der Waals surface area contributed by atoms with E-state index in [1.54, 1.807) is 0 Å². The van der Waals surface area contributed by atoms with Crippen LogP contribution in [-0.2, 0) is 4.74 Å². The lowest BCUT2D eigenvalue weighted by Gasteiger charge is -2.35. The van der Waals surface area contributed by atoms with Crippen molar-refractivity contribution in [1.29, 1.82) is 0 Å². The quantitative estimate of drug-likeness (QED) is 0.734. The molecule has 2 fully saturated rings. The molecule has 0 bridgehead atoms. The average Bonchev–Trinajstić information content (AvgIpc) is 2.80. The molecule has 1 saturated heterocycles. The summed E-state index contributed by atoms with van der Waals surface area (Å²) in [7, 11) is 0. The van der Waals surface area contributed by atoms with E-state index in [-0.39, 0.29) is 5.54 Å². The molecule has 2 N–H and O–H groups in total. The van der Waals surface area contributed by atoms with E-state index in [0.717, 1.165) is 26.1 Å². The fourth-order valence-electron chi connectivity index (χ4n) is 2.26. The summed E-state index contributed by atoms with van der Waals surface area (Å²) in [6.07, 6.45) is 4.37. The molecule has 2 aliphatic rings. The predicted octanol–water partition coefficient (Wildman–Crippen LogP) is 0.977. The van der Waals surface area contributed by atoms with Crippen LogP contribution in [0.3, 0.4) is 0 Å². The first-order chi connectivity index (χ1) is 6.57. The molecule has 0 aromatic carbocycles. The summed E-state index contributed by atoms with van der Waals surface area (Å²) in [5.74, 6) is 0. The topological polar surface area (TPSA) is 38.5 Å². The second-order valence-corrected chi connectivity index (χ2v) is 5.13. The van der Waals surface area contributed by atoms with E-state index in [1.165, 1.54) is 12.8 Å². The Balaban J connectivity index is 1.74. The summed E-state index contributed by atoms with van der Waals surface area (Å²) in [4.78, 5) is 2.49. The highest BCUT2D eigenvalue weighted by Crippen LogP contribution is 2.35. The van der Waals surface area contributed by atoms with E-state index >= 15 is 0 Å². The van der Waals surface area contributed by atoms with Crippen molar-refractivity contribution in [3.05, 3.63) is 0 Å².